The van der Waals surface area contributed by atoms with Crippen molar-refractivity contribution >= 4 is 0 Å². The minimum absolute atomic E-state index is 0.335. The first-order valence-electron chi connectivity index (χ1n) is 10.2. The highest BCUT2D eigenvalue weighted by Crippen LogP contribution is 2.26. The third-order valence-corrected chi connectivity index (χ3v) is 5.70. The van der Waals surface area contributed by atoms with E-state index >= 15 is 0 Å². The average molecular weight is 368 g/mol. The van der Waals surface area contributed by atoms with Crippen LogP contribution in [0.25, 0.3) is 0 Å². The molecule has 4 nitrogen and oxygen atoms in total. The lowest BCUT2D eigenvalue weighted by atomic mass is 10.0. The Balaban J connectivity index is 1.68. The molecule has 1 saturated heterocycles. The first-order valence-corrected chi connectivity index (χ1v) is 10.2. The first-order chi connectivity index (χ1) is 13.2. The third kappa shape index (κ3) is 5.55. The number of hydrogen-bond donors (Lipinski definition) is 1. The van der Waals surface area contributed by atoms with Gasteiger partial charge in [-0.05, 0) is 36.3 Å². The molecule has 1 fully saturated rings. The van der Waals surface area contributed by atoms with Gasteiger partial charge in [0.1, 0.15) is 5.75 Å². The average Bonchev–Trinajstić information content (AvgIpc) is 2.72. The molecule has 2 aromatic carbocycles. The van der Waals surface area contributed by atoms with Crippen molar-refractivity contribution in [1.29, 1.82) is 0 Å². The van der Waals surface area contributed by atoms with Gasteiger partial charge in [-0.3, -0.25) is 9.80 Å². The van der Waals surface area contributed by atoms with Crippen LogP contribution in [0.1, 0.15) is 31.0 Å². The normalized spacial score (nSPS) is 18.9. The Morgan fingerprint density at radius 2 is 1.67 bits per heavy atom. The zero-order valence-corrected chi connectivity index (χ0v) is 16.7. The minimum atomic E-state index is 0.335. The van der Waals surface area contributed by atoms with Gasteiger partial charge in [-0.2, -0.15) is 0 Å². The van der Waals surface area contributed by atoms with Crippen LogP contribution in [0.2, 0.25) is 0 Å². The van der Waals surface area contributed by atoms with E-state index in [1.54, 1.807) is 12.1 Å². The molecular formula is C23H33N3O. The van der Waals surface area contributed by atoms with Crippen LogP contribution >= 0.6 is 0 Å². The van der Waals surface area contributed by atoms with Gasteiger partial charge in [-0.15, -0.1) is 0 Å². The molecule has 1 aliphatic rings. The SMILES string of the molecule is CCN(CC)CCN1CCN(Cc2ccc(O)cc2)CC1c1ccccc1. The van der Waals surface area contributed by atoms with Gasteiger partial charge in [0, 0.05) is 45.3 Å². The van der Waals surface area contributed by atoms with E-state index in [2.05, 4.69) is 58.9 Å². The van der Waals surface area contributed by atoms with Crippen LogP contribution in [0, 0.1) is 0 Å². The van der Waals surface area contributed by atoms with Crippen molar-refractivity contribution < 1.29 is 5.11 Å². The van der Waals surface area contributed by atoms with Crippen LogP contribution in [-0.4, -0.2) is 65.6 Å². The third-order valence-electron chi connectivity index (χ3n) is 5.70. The largest absolute Gasteiger partial charge is 0.508 e. The van der Waals surface area contributed by atoms with E-state index in [0.29, 0.717) is 11.8 Å². The molecule has 2 aromatic rings. The maximum absolute atomic E-state index is 9.51. The van der Waals surface area contributed by atoms with Crippen LogP contribution in [0.5, 0.6) is 5.75 Å². The Morgan fingerprint density at radius 1 is 0.963 bits per heavy atom. The summed E-state index contributed by atoms with van der Waals surface area (Å²) in [5, 5.41) is 9.51. The standard InChI is InChI=1S/C23H33N3O/c1-3-24(4-2)14-16-26-17-15-25(18-20-10-12-22(27)13-11-20)19-23(26)21-8-6-5-7-9-21/h5-13,23,27H,3-4,14-19H2,1-2H3. The second-order valence-electron chi connectivity index (χ2n) is 7.39. The predicted molar refractivity (Wildman–Crippen MR) is 112 cm³/mol. The quantitative estimate of drug-likeness (QED) is 0.772. The van der Waals surface area contributed by atoms with E-state index in [1.807, 2.05) is 12.1 Å². The van der Waals surface area contributed by atoms with Crippen LogP contribution in [0.15, 0.2) is 54.6 Å². The van der Waals surface area contributed by atoms with Gasteiger partial charge in [0.05, 0.1) is 0 Å². The highest BCUT2D eigenvalue weighted by atomic mass is 16.3. The van der Waals surface area contributed by atoms with Gasteiger partial charge in [0.2, 0.25) is 0 Å². The zero-order chi connectivity index (χ0) is 19.1. The lowest BCUT2D eigenvalue weighted by Gasteiger charge is -2.42. The molecule has 0 radical (unpaired) electrons. The molecule has 1 atom stereocenters. The monoisotopic (exact) mass is 367 g/mol. The summed E-state index contributed by atoms with van der Waals surface area (Å²) in [6.45, 7) is 13.1. The van der Waals surface area contributed by atoms with Crippen LogP contribution in [0.4, 0.5) is 0 Å². The summed E-state index contributed by atoms with van der Waals surface area (Å²) >= 11 is 0. The van der Waals surface area contributed by atoms with Crippen molar-refractivity contribution in [3.63, 3.8) is 0 Å². The van der Waals surface area contributed by atoms with Crippen LogP contribution in [0.3, 0.4) is 0 Å². The van der Waals surface area contributed by atoms with E-state index in [1.165, 1.54) is 11.1 Å². The summed E-state index contributed by atoms with van der Waals surface area (Å²) < 4.78 is 0. The summed E-state index contributed by atoms with van der Waals surface area (Å²) in [5.41, 5.74) is 2.67. The van der Waals surface area contributed by atoms with Crippen molar-refractivity contribution in [3.05, 3.63) is 65.7 Å². The number of benzene rings is 2. The molecule has 27 heavy (non-hydrogen) atoms. The maximum atomic E-state index is 9.51. The molecule has 1 aliphatic heterocycles. The molecule has 0 bridgehead atoms. The number of likely N-dealkylation sites (N-methyl/N-ethyl adjacent to an activating group) is 1. The number of hydrogen-bond acceptors (Lipinski definition) is 4. The number of aromatic hydroxyl groups is 1. The Kier molecular flexibility index (Phi) is 7.27. The van der Waals surface area contributed by atoms with Gasteiger partial charge in [-0.25, -0.2) is 0 Å². The molecule has 0 spiro atoms. The Hall–Kier alpha value is -1.88. The maximum Gasteiger partial charge on any atom is 0.115 e. The Labute approximate surface area is 164 Å². The molecule has 1 N–H and O–H groups in total. The summed E-state index contributed by atoms with van der Waals surface area (Å²) in [5.74, 6) is 0.335. The van der Waals surface area contributed by atoms with Gasteiger partial charge >= 0.3 is 0 Å². The second kappa shape index (κ2) is 9.88. The van der Waals surface area contributed by atoms with Crippen LogP contribution in [-0.2, 0) is 6.54 Å². The molecule has 0 saturated carbocycles. The van der Waals surface area contributed by atoms with Gasteiger partial charge in [0.25, 0.3) is 0 Å². The fraction of sp³-hybridized carbons (Fsp3) is 0.478. The van der Waals surface area contributed by atoms with E-state index in [9.17, 15) is 5.11 Å². The van der Waals surface area contributed by atoms with Crippen molar-refractivity contribution in [2.75, 3.05) is 45.8 Å². The first kappa shape index (κ1) is 19.9. The second-order valence-corrected chi connectivity index (χ2v) is 7.39. The summed E-state index contributed by atoms with van der Waals surface area (Å²) in [6.07, 6.45) is 0. The number of nitrogens with zero attached hydrogens (tertiary/aromatic N) is 3. The Bertz CT molecular complexity index is 670. The minimum Gasteiger partial charge on any atom is -0.508 e. The van der Waals surface area contributed by atoms with Crippen molar-refractivity contribution in [1.82, 2.24) is 14.7 Å². The van der Waals surface area contributed by atoms with Gasteiger partial charge in [-0.1, -0.05) is 56.3 Å². The van der Waals surface area contributed by atoms with Crippen molar-refractivity contribution in [2.45, 2.75) is 26.4 Å². The van der Waals surface area contributed by atoms with Gasteiger partial charge < -0.3 is 10.0 Å². The predicted octanol–water partition coefficient (Wildman–Crippen LogP) is 3.59. The molecule has 4 heteroatoms. The molecule has 0 amide bonds. The molecule has 146 valence electrons. The van der Waals surface area contributed by atoms with Crippen molar-refractivity contribution in [3.8, 4) is 5.75 Å². The Morgan fingerprint density at radius 3 is 2.33 bits per heavy atom. The molecular weight excluding hydrogens is 334 g/mol. The molecule has 0 aromatic heterocycles. The number of phenols is 1. The van der Waals surface area contributed by atoms with E-state index < -0.39 is 0 Å². The summed E-state index contributed by atoms with van der Waals surface area (Å²) in [6, 6.07) is 19.0. The smallest absolute Gasteiger partial charge is 0.115 e. The highest BCUT2D eigenvalue weighted by Gasteiger charge is 2.28. The van der Waals surface area contributed by atoms with Crippen molar-refractivity contribution in [2.24, 2.45) is 0 Å². The topological polar surface area (TPSA) is 30.0 Å². The number of piperazine rings is 1. The molecule has 1 heterocycles. The van der Waals surface area contributed by atoms with E-state index in [-0.39, 0.29) is 0 Å². The summed E-state index contributed by atoms with van der Waals surface area (Å²) in [7, 11) is 0. The number of phenolic OH excluding ortho intramolecular Hbond substituents is 1. The fourth-order valence-corrected chi connectivity index (χ4v) is 3.95. The van der Waals surface area contributed by atoms with Crippen LogP contribution < -0.4 is 0 Å². The van der Waals surface area contributed by atoms with E-state index in [0.717, 1.165) is 52.4 Å². The lowest BCUT2D eigenvalue weighted by molar-refractivity contribution is 0.0615. The molecule has 3 rings (SSSR count). The number of rotatable bonds is 8. The highest BCUT2D eigenvalue weighted by molar-refractivity contribution is 5.26. The fourth-order valence-electron chi connectivity index (χ4n) is 3.95. The lowest BCUT2D eigenvalue weighted by Crippen LogP contribution is -2.49. The molecule has 1 unspecified atom stereocenters. The summed E-state index contributed by atoms with van der Waals surface area (Å²) in [4.78, 5) is 7.70. The van der Waals surface area contributed by atoms with Gasteiger partial charge in [0.15, 0.2) is 0 Å². The molecule has 0 aliphatic carbocycles. The zero-order valence-electron chi connectivity index (χ0n) is 16.7. The van der Waals surface area contributed by atoms with E-state index in [4.69, 9.17) is 0 Å².